The van der Waals surface area contributed by atoms with E-state index in [2.05, 4.69) is 13.8 Å². The minimum atomic E-state index is 0.438. The van der Waals surface area contributed by atoms with Crippen molar-refractivity contribution in [1.29, 1.82) is 0 Å². The van der Waals surface area contributed by atoms with Gasteiger partial charge in [0.1, 0.15) is 0 Å². The van der Waals surface area contributed by atoms with Crippen molar-refractivity contribution in [2.75, 3.05) is 11.5 Å². The molecule has 14 heavy (non-hydrogen) atoms. The molecule has 0 aromatic heterocycles. The molecular weight excluding hydrogens is 190 g/mol. The van der Waals surface area contributed by atoms with E-state index in [4.69, 9.17) is 5.73 Å². The molecular formula is C12H27NS. The zero-order valence-electron chi connectivity index (χ0n) is 9.93. The van der Waals surface area contributed by atoms with E-state index >= 15 is 0 Å². The predicted molar refractivity (Wildman–Crippen MR) is 69.0 cm³/mol. The monoisotopic (exact) mass is 217 g/mol. The van der Waals surface area contributed by atoms with E-state index in [0.717, 1.165) is 5.75 Å². The lowest BCUT2D eigenvalue weighted by Crippen LogP contribution is -2.22. The number of unbranched alkanes of at least 4 members (excludes halogenated alkanes) is 4. The summed E-state index contributed by atoms with van der Waals surface area (Å²) in [6.07, 6.45) is 9.31. The fourth-order valence-corrected chi connectivity index (χ4v) is 2.40. The van der Waals surface area contributed by atoms with Gasteiger partial charge in [-0.3, -0.25) is 0 Å². The molecule has 0 aliphatic rings. The molecule has 0 heterocycles. The Hall–Kier alpha value is 0.310. The van der Waals surface area contributed by atoms with Crippen LogP contribution in [0.3, 0.4) is 0 Å². The van der Waals surface area contributed by atoms with Crippen molar-refractivity contribution in [1.82, 2.24) is 0 Å². The van der Waals surface area contributed by atoms with Crippen LogP contribution in [-0.2, 0) is 0 Å². The van der Waals surface area contributed by atoms with E-state index in [9.17, 15) is 0 Å². The highest BCUT2D eigenvalue weighted by Crippen LogP contribution is 2.10. The lowest BCUT2D eigenvalue weighted by molar-refractivity contribution is 0.566. The molecule has 0 amide bonds. The van der Waals surface area contributed by atoms with Crippen molar-refractivity contribution in [2.45, 2.75) is 64.8 Å². The van der Waals surface area contributed by atoms with Crippen molar-refractivity contribution >= 4 is 11.8 Å². The normalized spacial score (nSPS) is 13.1. The highest BCUT2D eigenvalue weighted by Gasteiger charge is 2.01. The van der Waals surface area contributed by atoms with Gasteiger partial charge in [-0.15, -0.1) is 0 Å². The SMILES string of the molecule is CCCCCCCC(N)CSCCC. The van der Waals surface area contributed by atoms with Gasteiger partial charge in [0.15, 0.2) is 0 Å². The van der Waals surface area contributed by atoms with Crippen LogP contribution < -0.4 is 5.73 Å². The van der Waals surface area contributed by atoms with E-state index in [-0.39, 0.29) is 0 Å². The van der Waals surface area contributed by atoms with Crippen LogP contribution in [0.25, 0.3) is 0 Å². The van der Waals surface area contributed by atoms with Crippen molar-refractivity contribution in [3.63, 3.8) is 0 Å². The largest absolute Gasteiger partial charge is 0.327 e. The molecule has 0 aromatic carbocycles. The average molecular weight is 217 g/mol. The molecule has 2 N–H and O–H groups in total. The first-order valence-electron chi connectivity index (χ1n) is 6.14. The van der Waals surface area contributed by atoms with E-state index in [1.807, 2.05) is 11.8 Å². The first-order chi connectivity index (χ1) is 6.81. The smallest absolute Gasteiger partial charge is 0.0130 e. The second-order valence-electron chi connectivity index (χ2n) is 4.04. The summed E-state index contributed by atoms with van der Waals surface area (Å²) >= 11 is 2.00. The van der Waals surface area contributed by atoms with Crippen LogP contribution in [0.15, 0.2) is 0 Å². The number of thioether (sulfide) groups is 1. The van der Waals surface area contributed by atoms with Crippen LogP contribution in [0.2, 0.25) is 0 Å². The molecule has 1 unspecified atom stereocenters. The Morgan fingerprint density at radius 3 is 2.36 bits per heavy atom. The molecule has 0 aromatic rings. The molecule has 0 rings (SSSR count). The van der Waals surface area contributed by atoms with Crippen LogP contribution in [0.1, 0.15) is 58.8 Å². The zero-order valence-corrected chi connectivity index (χ0v) is 10.7. The third-order valence-corrected chi connectivity index (χ3v) is 3.72. The van der Waals surface area contributed by atoms with Crippen LogP contribution in [-0.4, -0.2) is 17.5 Å². The van der Waals surface area contributed by atoms with Gasteiger partial charge >= 0.3 is 0 Å². The fraction of sp³-hybridized carbons (Fsp3) is 1.00. The summed E-state index contributed by atoms with van der Waals surface area (Å²) in [5, 5.41) is 0. The summed E-state index contributed by atoms with van der Waals surface area (Å²) in [6, 6.07) is 0.438. The van der Waals surface area contributed by atoms with Crippen LogP contribution in [0.5, 0.6) is 0 Å². The molecule has 0 radical (unpaired) electrons. The molecule has 0 bridgehead atoms. The van der Waals surface area contributed by atoms with Gasteiger partial charge in [0.05, 0.1) is 0 Å². The molecule has 2 heteroatoms. The van der Waals surface area contributed by atoms with Gasteiger partial charge in [0, 0.05) is 11.8 Å². The predicted octanol–water partition coefficient (Wildman–Crippen LogP) is 3.82. The number of rotatable bonds is 10. The summed E-state index contributed by atoms with van der Waals surface area (Å²) in [5.74, 6) is 2.42. The Morgan fingerprint density at radius 2 is 1.71 bits per heavy atom. The van der Waals surface area contributed by atoms with Crippen LogP contribution in [0.4, 0.5) is 0 Å². The van der Waals surface area contributed by atoms with Crippen molar-refractivity contribution < 1.29 is 0 Å². The van der Waals surface area contributed by atoms with Gasteiger partial charge in [-0.2, -0.15) is 11.8 Å². The molecule has 0 fully saturated rings. The second-order valence-corrected chi connectivity index (χ2v) is 5.19. The fourth-order valence-electron chi connectivity index (χ4n) is 1.47. The van der Waals surface area contributed by atoms with Gasteiger partial charge in [-0.05, 0) is 18.6 Å². The average Bonchev–Trinajstić information content (AvgIpc) is 2.18. The highest BCUT2D eigenvalue weighted by molar-refractivity contribution is 7.99. The number of hydrogen-bond donors (Lipinski definition) is 1. The molecule has 86 valence electrons. The van der Waals surface area contributed by atoms with Gasteiger partial charge in [0.2, 0.25) is 0 Å². The maximum Gasteiger partial charge on any atom is 0.0130 e. The number of hydrogen-bond acceptors (Lipinski definition) is 2. The molecule has 1 atom stereocenters. The van der Waals surface area contributed by atoms with Gasteiger partial charge in [-0.25, -0.2) is 0 Å². The quantitative estimate of drug-likeness (QED) is 0.563. The van der Waals surface area contributed by atoms with Gasteiger partial charge < -0.3 is 5.73 Å². The summed E-state index contributed by atoms with van der Waals surface area (Å²) in [7, 11) is 0. The van der Waals surface area contributed by atoms with Crippen LogP contribution >= 0.6 is 11.8 Å². The molecule has 0 aliphatic heterocycles. The highest BCUT2D eigenvalue weighted by atomic mass is 32.2. The minimum Gasteiger partial charge on any atom is -0.327 e. The van der Waals surface area contributed by atoms with Crippen molar-refractivity contribution in [2.24, 2.45) is 5.73 Å². The molecule has 0 saturated carbocycles. The Labute approximate surface area is 94.2 Å². The third kappa shape index (κ3) is 10.4. The maximum atomic E-state index is 6.01. The lowest BCUT2D eigenvalue weighted by Gasteiger charge is -2.10. The van der Waals surface area contributed by atoms with Gasteiger partial charge in [0.25, 0.3) is 0 Å². The Balaban J connectivity index is 3.06. The molecule has 0 aliphatic carbocycles. The summed E-state index contributed by atoms with van der Waals surface area (Å²) < 4.78 is 0. The van der Waals surface area contributed by atoms with Crippen molar-refractivity contribution in [3.8, 4) is 0 Å². The van der Waals surface area contributed by atoms with Crippen LogP contribution in [0, 0.1) is 0 Å². The Bertz CT molecular complexity index is 106. The summed E-state index contributed by atoms with van der Waals surface area (Å²) in [6.45, 7) is 4.48. The maximum absolute atomic E-state index is 6.01. The molecule has 1 nitrogen and oxygen atoms in total. The lowest BCUT2D eigenvalue weighted by atomic mass is 10.1. The van der Waals surface area contributed by atoms with E-state index < -0.39 is 0 Å². The van der Waals surface area contributed by atoms with Crippen molar-refractivity contribution in [3.05, 3.63) is 0 Å². The first kappa shape index (κ1) is 14.3. The van der Waals surface area contributed by atoms with E-state index in [0.29, 0.717) is 6.04 Å². The third-order valence-electron chi connectivity index (χ3n) is 2.36. The molecule has 0 saturated heterocycles. The first-order valence-corrected chi connectivity index (χ1v) is 7.30. The Morgan fingerprint density at radius 1 is 1.00 bits per heavy atom. The van der Waals surface area contributed by atoms with E-state index in [1.165, 1.54) is 50.7 Å². The number of nitrogens with two attached hydrogens (primary N) is 1. The topological polar surface area (TPSA) is 26.0 Å². The minimum absolute atomic E-state index is 0.438. The Kier molecular flexibility index (Phi) is 11.6. The summed E-state index contributed by atoms with van der Waals surface area (Å²) in [4.78, 5) is 0. The molecule has 0 spiro atoms. The summed E-state index contributed by atoms with van der Waals surface area (Å²) in [5.41, 5.74) is 6.01. The second kappa shape index (κ2) is 11.4. The van der Waals surface area contributed by atoms with Gasteiger partial charge in [-0.1, -0.05) is 46.0 Å². The standard InChI is InChI=1S/C12H27NS/c1-3-5-6-7-8-9-12(13)11-14-10-4-2/h12H,3-11,13H2,1-2H3. The van der Waals surface area contributed by atoms with E-state index in [1.54, 1.807) is 0 Å². The zero-order chi connectivity index (χ0) is 10.6.